The normalized spacial score (nSPS) is 7.58. The lowest BCUT2D eigenvalue weighted by Gasteiger charge is -2.05. The van der Waals surface area contributed by atoms with Crippen molar-refractivity contribution in [3.63, 3.8) is 0 Å². The second-order valence-corrected chi connectivity index (χ2v) is 3.92. The van der Waals surface area contributed by atoms with Crippen LogP contribution in [0, 0.1) is 13.8 Å². The first-order valence-electron chi connectivity index (χ1n) is 7.35. The van der Waals surface area contributed by atoms with E-state index in [2.05, 4.69) is 33.0 Å². The molecule has 0 aliphatic rings. The molecular formula is C17H33NO. The molecular weight excluding hydrogens is 234 g/mol. The van der Waals surface area contributed by atoms with Gasteiger partial charge in [0.05, 0.1) is 0 Å². The summed E-state index contributed by atoms with van der Waals surface area (Å²) in [7, 11) is 0. The molecule has 0 aromatic heterocycles. The van der Waals surface area contributed by atoms with Crippen molar-refractivity contribution in [2.45, 2.75) is 68.2 Å². The number of rotatable bonds is 2. The van der Waals surface area contributed by atoms with Gasteiger partial charge in [0.2, 0.25) is 6.41 Å². The van der Waals surface area contributed by atoms with Crippen LogP contribution in [0.3, 0.4) is 0 Å². The van der Waals surface area contributed by atoms with E-state index in [9.17, 15) is 4.79 Å². The Morgan fingerprint density at radius 2 is 1.42 bits per heavy atom. The summed E-state index contributed by atoms with van der Waals surface area (Å²) >= 11 is 0. The summed E-state index contributed by atoms with van der Waals surface area (Å²) in [6.07, 6.45) is 3.20. The molecule has 2 heteroatoms. The summed E-state index contributed by atoms with van der Waals surface area (Å²) in [5.41, 5.74) is 3.21. The summed E-state index contributed by atoms with van der Waals surface area (Å²) < 4.78 is 0. The third kappa shape index (κ3) is 14.6. The maximum atomic E-state index is 10.1. The molecule has 0 fully saturated rings. The molecule has 0 unspecified atom stereocenters. The van der Waals surface area contributed by atoms with Crippen LogP contribution in [0.25, 0.3) is 0 Å². The average molecular weight is 267 g/mol. The molecule has 0 atom stereocenters. The van der Waals surface area contributed by atoms with Crippen molar-refractivity contribution in [2.24, 2.45) is 0 Å². The Bertz CT molecular complexity index is 293. The van der Waals surface area contributed by atoms with Gasteiger partial charge in [0.1, 0.15) is 0 Å². The quantitative estimate of drug-likeness (QED) is 0.681. The van der Waals surface area contributed by atoms with E-state index in [0.29, 0.717) is 6.41 Å². The molecule has 1 aromatic carbocycles. The Balaban J connectivity index is -0.000000269. The van der Waals surface area contributed by atoms with E-state index in [1.165, 1.54) is 18.4 Å². The van der Waals surface area contributed by atoms with E-state index in [-0.39, 0.29) is 0 Å². The molecule has 0 bridgehead atoms. The fraction of sp³-hybridized carbons (Fsp3) is 0.588. The van der Waals surface area contributed by atoms with E-state index in [4.69, 9.17) is 0 Å². The Kier molecular flexibility index (Phi) is 22.9. The first-order valence-corrected chi connectivity index (χ1v) is 7.35. The molecule has 0 aliphatic carbocycles. The molecule has 1 N–H and O–H groups in total. The summed E-state index contributed by atoms with van der Waals surface area (Å²) in [5.74, 6) is 0. The van der Waals surface area contributed by atoms with Crippen molar-refractivity contribution in [3.8, 4) is 0 Å². The van der Waals surface area contributed by atoms with Gasteiger partial charge in [0.15, 0.2) is 0 Å². The largest absolute Gasteiger partial charge is 0.328 e. The van der Waals surface area contributed by atoms with Crippen LogP contribution in [0.4, 0.5) is 5.69 Å². The summed E-state index contributed by atoms with van der Waals surface area (Å²) in [6, 6.07) is 5.83. The molecule has 1 rings (SSSR count). The van der Waals surface area contributed by atoms with Crippen LogP contribution < -0.4 is 5.32 Å². The molecule has 112 valence electrons. The highest BCUT2D eigenvalue weighted by Crippen LogP contribution is 2.16. The average Bonchev–Trinajstić information content (AvgIpc) is 2.40. The monoisotopic (exact) mass is 267 g/mol. The van der Waals surface area contributed by atoms with Crippen LogP contribution in [-0.4, -0.2) is 6.41 Å². The Labute approximate surface area is 120 Å². The van der Waals surface area contributed by atoms with Crippen LogP contribution in [0.2, 0.25) is 0 Å². The summed E-state index contributed by atoms with van der Waals surface area (Å²) in [5, 5.41) is 2.64. The van der Waals surface area contributed by atoms with Crippen molar-refractivity contribution >= 4 is 12.1 Å². The predicted octanol–water partition coefficient (Wildman–Crippen LogP) is 5.73. The minimum atomic E-state index is 0.696. The van der Waals surface area contributed by atoms with Gasteiger partial charge < -0.3 is 5.32 Å². The van der Waals surface area contributed by atoms with Crippen molar-refractivity contribution < 1.29 is 4.79 Å². The van der Waals surface area contributed by atoms with Crippen molar-refractivity contribution in [1.29, 1.82) is 0 Å². The highest BCUT2D eigenvalue weighted by molar-refractivity contribution is 5.73. The van der Waals surface area contributed by atoms with Gasteiger partial charge in [-0.05, 0) is 31.0 Å². The zero-order chi connectivity index (χ0) is 15.7. The fourth-order valence-corrected chi connectivity index (χ4v) is 0.971. The molecule has 0 spiro atoms. The Morgan fingerprint density at radius 1 is 1.00 bits per heavy atom. The van der Waals surface area contributed by atoms with Gasteiger partial charge in [-0.25, -0.2) is 0 Å². The van der Waals surface area contributed by atoms with E-state index in [1.807, 2.05) is 45.9 Å². The first kappa shape index (κ1) is 22.8. The second kappa shape index (κ2) is 19.0. The molecule has 1 aromatic rings. The predicted molar refractivity (Wildman–Crippen MR) is 88.9 cm³/mol. The SMILES string of the molecule is CC.CCC.CCC.Cc1cccc(NC=O)c1C. The minimum absolute atomic E-state index is 0.696. The third-order valence-electron chi connectivity index (χ3n) is 1.82. The van der Waals surface area contributed by atoms with Crippen LogP contribution in [0.5, 0.6) is 0 Å². The summed E-state index contributed by atoms with van der Waals surface area (Å²) in [6.45, 7) is 16.5. The van der Waals surface area contributed by atoms with Crippen LogP contribution in [-0.2, 0) is 4.79 Å². The Hall–Kier alpha value is -1.31. The second-order valence-electron chi connectivity index (χ2n) is 3.92. The fourth-order valence-electron chi connectivity index (χ4n) is 0.971. The summed E-state index contributed by atoms with van der Waals surface area (Å²) in [4.78, 5) is 10.1. The highest BCUT2D eigenvalue weighted by atomic mass is 16.1. The van der Waals surface area contributed by atoms with Crippen molar-refractivity contribution in [1.82, 2.24) is 0 Å². The van der Waals surface area contributed by atoms with Gasteiger partial charge in [-0.15, -0.1) is 0 Å². The standard InChI is InChI=1S/C9H11NO.2C3H8.C2H6/c1-7-4-3-5-9(8(7)2)10-6-11;2*1-3-2;1-2/h3-6H,1-2H3,(H,10,11);2*3H2,1-2H3;1-2H3. The number of carbonyl (C=O) groups is 1. The number of amides is 1. The number of nitrogens with one attached hydrogen (secondary N) is 1. The van der Waals surface area contributed by atoms with E-state index < -0.39 is 0 Å². The third-order valence-corrected chi connectivity index (χ3v) is 1.82. The number of benzene rings is 1. The topological polar surface area (TPSA) is 29.1 Å². The lowest BCUT2D eigenvalue weighted by Crippen LogP contribution is -1.96. The van der Waals surface area contributed by atoms with Gasteiger partial charge in [-0.1, -0.05) is 66.5 Å². The van der Waals surface area contributed by atoms with Crippen LogP contribution in [0.15, 0.2) is 18.2 Å². The van der Waals surface area contributed by atoms with E-state index >= 15 is 0 Å². The zero-order valence-corrected chi connectivity index (χ0v) is 14.1. The molecule has 0 radical (unpaired) electrons. The number of carbonyl (C=O) groups excluding carboxylic acids is 1. The number of aryl methyl sites for hydroxylation is 1. The number of hydrogen-bond acceptors (Lipinski definition) is 1. The molecule has 0 aliphatic heterocycles. The smallest absolute Gasteiger partial charge is 0.211 e. The van der Waals surface area contributed by atoms with Gasteiger partial charge in [0, 0.05) is 5.69 Å². The maximum Gasteiger partial charge on any atom is 0.211 e. The molecule has 1 amide bonds. The van der Waals surface area contributed by atoms with E-state index in [1.54, 1.807) is 0 Å². The van der Waals surface area contributed by atoms with Gasteiger partial charge >= 0.3 is 0 Å². The van der Waals surface area contributed by atoms with Gasteiger partial charge in [0.25, 0.3) is 0 Å². The van der Waals surface area contributed by atoms with Crippen molar-refractivity contribution in [3.05, 3.63) is 29.3 Å². The minimum Gasteiger partial charge on any atom is -0.328 e. The molecule has 19 heavy (non-hydrogen) atoms. The molecule has 2 nitrogen and oxygen atoms in total. The number of hydrogen-bond donors (Lipinski definition) is 1. The van der Waals surface area contributed by atoms with Gasteiger partial charge in [-0.2, -0.15) is 0 Å². The van der Waals surface area contributed by atoms with Crippen molar-refractivity contribution in [2.75, 3.05) is 5.32 Å². The van der Waals surface area contributed by atoms with Gasteiger partial charge in [-0.3, -0.25) is 4.79 Å². The molecule has 0 saturated carbocycles. The lowest BCUT2D eigenvalue weighted by atomic mass is 10.1. The maximum absolute atomic E-state index is 10.1. The van der Waals surface area contributed by atoms with Crippen LogP contribution in [0.1, 0.15) is 65.5 Å². The highest BCUT2D eigenvalue weighted by Gasteiger charge is 1.97. The number of anilines is 1. The Morgan fingerprint density at radius 3 is 1.79 bits per heavy atom. The first-order chi connectivity index (χ1) is 9.08. The lowest BCUT2D eigenvalue weighted by molar-refractivity contribution is -0.105. The van der Waals surface area contributed by atoms with Crippen LogP contribution >= 0.6 is 0 Å². The molecule has 0 heterocycles. The zero-order valence-electron chi connectivity index (χ0n) is 14.1. The van der Waals surface area contributed by atoms with E-state index in [0.717, 1.165) is 11.3 Å². The molecule has 0 saturated heterocycles.